The molecule has 2 amide bonds. The molecular weight excluding hydrogens is 930 g/mol. The highest BCUT2D eigenvalue weighted by Crippen LogP contribution is 2.44. The number of fused-ring (bicyclic) bond motifs is 1. The number of carbonyl (C=O) groups is 4. The molecule has 2 N–H and O–H groups in total. The standard InChI is InChI=1S/C54H50ClN5O7S2/c1-52(2,3)66-50(64)53(30-19-31-53)67-59-42(41-34-69-51(56-41)58-54(38-24-13-6-14-25-38,39-26-15-7-16-27-39)40-28-17-8-18-29-40)46(61)57-43-47(62)60-44(37(32-55)33-68-48(43)60)49(63)65-45(35-20-9-4-10-21-35)36-22-11-5-12-23-36/h4-18,20-29,34,43,45,48H,19,30-33H2,1-3H3,(H,56,58)(H,57,61)/b59-42-/t43?,48-/m0/s1. The topological polar surface area (TPSA) is 149 Å². The van der Waals surface area contributed by atoms with Gasteiger partial charge in [-0.05, 0) is 60.6 Å². The lowest BCUT2D eigenvalue weighted by atomic mass is 9.77. The molecular formula is C54H50ClN5O7S2. The first-order valence-corrected chi connectivity index (χ1v) is 25.1. The van der Waals surface area contributed by atoms with Crippen LogP contribution in [0.25, 0.3) is 0 Å². The summed E-state index contributed by atoms with van der Waals surface area (Å²) >= 11 is 9.06. The normalized spacial score (nSPS) is 17.8. The van der Waals surface area contributed by atoms with E-state index in [9.17, 15) is 19.2 Å². The Morgan fingerprint density at radius 2 is 1.33 bits per heavy atom. The van der Waals surface area contributed by atoms with E-state index in [1.165, 1.54) is 28.0 Å². The molecule has 3 aliphatic rings. The van der Waals surface area contributed by atoms with Crippen molar-refractivity contribution >= 4 is 69.3 Å². The first-order valence-electron chi connectivity index (χ1n) is 22.7. The fraction of sp³-hybridized carbons (Fsp3) is 0.259. The van der Waals surface area contributed by atoms with Crippen molar-refractivity contribution in [2.45, 2.75) is 74.3 Å². The van der Waals surface area contributed by atoms with Gasteiger partial charge in [-0.1, -0.05) is 157 Å². The molecule has 2 atom stereocenters. The molecule has 15 heteroatoms. The number of hydrogen-bond donors (Lipinski definition) is 2. The van der Waals surface area contributed by atoms with Crippen LogP contribution in [-0.4, -0.2) is 73.6 Å². The van der Waals surface area contributed by atoms with Crippen molar-refractivity contribution in [3.63, 3.8) is 0 Å². The first-order chi connectivity index (χ1) is 33.4. The quantitative estimate of drug-likeness (QED) is 0.0240. The van der Waals surface area contributed by atoms with Crippen molar-refractivity contribution in [3.05, 3.63) is 202 Å². The van der Waals surface area contributed by atoms with Gasteiger partial charge in [0.2, 0.25) is 5.60 Å². The Kier molecular flexibility index (Phi) is 13.8. The number of thioether (sulfide) groups is 1. The molecule has 1 unspecified atom stereocenters. The van der Waals surface area contributed by atoms with Crippen molar-refractivity contribution in [1.29, 1.82) is 0 Å². The highest BCUT2D eigenvalue weighted by atomic mass is 35.5. The van der Waals surface area contributed by atoms with Gasteiger partial charge in [0.05, 0.1) is 0 Å². The van der Waals surface area contributed by atoms with Crippen LogP contribution >= 0.6 is 34.7 Å². The van der Waals surface area contributed by atoms with Gasteiger partial charge in [0, 0.05) is 29.9 Å². The summed E-state index contributed by atoms with van der Waals surface area (Å²) in [6.07, 6.45) is 0.581. The van der Waals surface area contributed by atoms with Crippen molar-refractivity contribution in [2.24, 2.45) is 5.16 Å². The third kappa shape index (κ3) is 9.66. The number of nitrogens with zero attached hydrogens (tertiary/aromatic N) is 3. The van der Waals surface area contributed by atoms with E-state index in [-0.39, 0.29) is 23.0 Å². The molecule has 0 bridgehead atoms. The molecule has 12 nitrogen and oxygen atoms in total. The molecule has 1 aromatic heterocycles. The molecule has 1 saturated heterocycles. The first kappa shape index (κ1) is 47.3. The maximum atomic E-state index is 14.7. The molecule has 9 rings (SSSR count). The number of rotatable bonds is 16. The van der Waals surface area contributed by atoms with Crippen LogP contribution in [-0.2, 0) is 39.0 Å². The van der Waals surface area contributed by atoms with E-state index < -0.39 is 58.0 Å². The van der Waals surface area contributed by atoms with Gasteiger partial charge >= 0.3 is 11.9 Å². The molecule has 5 aromatic carbocycles. The van der Waals surface area contributed by atoms with Crippen LogP contribution in [0, 0.1) is 0 Å². The van der Waals surface area contributed by atoms with Crippen LogP contribution in [0.15, 0.2) is 173 Å². The Hall–Kier alpha value is -6.74. The number of carbonyl (C=O) groups excluding carboxylic acids is 4. The summed E-state index contributed by atoms with van der Waals surface area (Å²) in [6, 6.07) is 47.7. The number of amides is 2. The Morgan fingerprint density at radius 3 is 1.81 bits per heavy atom. The van der Waals surface area contributed by atoms with Crippen molar-refractivity contribution in [3.8, 4) is 0 Å². The predicted molar refractivity (Wildman–Crippen MR) is 269 cm³/mol. The summed E-state index contributed by atoms with van der Waals surface area (Å²) in [4.78, 5) is 69.4. The Labute approximate surface area is 414 Å². The van der Waals surface area contributed by atoms with Gasteiger partial charge in [0.25, 0.3) is 11.8 Å². The van der Waals surface area contributed by atoms with Gasteiger partial charge in [-0.2, -0.15) is 0 Å². The molecule has 69 heavy (non-hydrogen) atoms. The molecule has 1 aliphatic carbocycles. The van der Waals surface area contributed by atoms with Crippen LogP contribution in [0.2, 0.25) is 0 Å². The van der Waals surface area contributed by atoms with Crippen LogP contribution in [0.5, 0.6) is 0 Å². The summed E-state index contributed by atoms with van der Waals surface area (Å²) in [7, 11) is 0. The maximum absolute atomic E-state index is 14.7. The van der Waals surface area contributed by atoms with E-state index in [1.807, 2.05) is 152 Å². The van der Waals surface area contributed by atoms with E-state index in [0.29, 0.717) is 35.7 Å². The minimum Gasteiger partial charge on any atom is -0.457 e. The molecule has 6 aromatic rings. The third-order valence-electron chi connectivity index (χ3n) is 12.2. The van der Waals surface area contributed by atoms with E-state index in [0.717, 1.165) is 27.8 Å². The average molecular weight is 981 g/mol. The van der Waals surface area contributed by atoms with Gasteiger partial charge in [-0.15, -0.1) is 34.7 Å². The Bertz CT molecular complexity index is 2740. The van der Waals surface area contributed by atoms with Gasteiger partial charge in [0.1, 0.15) is 33.9 Å². The zero-order chi connectivity index (χ0) is 48.2. The minimum atomic E-state index is -1.42. The molecule has 352 valence electrons. The lowest BCUT2D eigenvalue weighted by Gasteiger charge is -2.49. The third-order valence-corrected chi connectivity index (χ3v) is 14.7. The number of oxime groups is 1. The lowest BCUT2D eigenvalue weighted by molar-refractivity contribution is -0.196. The van der Waals surface area contributed by atoms with Crippen molar-refractivity contribution < 1.29 is 33.5 Å². The minimum absolute atomic E-state index is 0.0138. The fourth-order valence-electron chi connectivity index (χ4n) is 8.65. The number of aromatic nitrogens is 1. The number of ether oxygens (including phenoxy) is 2. The average Bonchev–Trinajstić information content (AvgIpc) is 3.82. The highest BCUT2D eigenvalue weighted by Gasteiger charge is 2.55. The Morgan fingerprint density at radius 1 is 0.812 bits per heavy atom. The molecule has 2 aliphatic heterocycles. The van der Waals surface area contributed by atoms with Gasteiger partial charge in [-0.25, -0.2) is 14.6 Å². The zero-order valence-electron chi connectivity index (χ0n) is 38.2. The summed E-state index contributed by atoms with van der Waals surface area (Å²) in [5.41, 5.74) is 1.66. The van der Waals surface area contributed by atoms with Gasteiger partial charge < -0.3 is 24.9 Å². The number of nitrogens with one attached hydrogen (secondary N) is 2. The largest absolute Gasteiger partial charge is 0.457 e. The molecule has 2 fully saturated rings. The van der Waals surface area contributed by atoms with Crippen LogP contribution < -0.4 is 10.6 Å². The lowest BCUT2D eigenvalue weighted by Crippen LogP contribution is -2.71. The summed E-state index contributed by atoms with van der Waals surface area (Å²) in [6.45, 7) is 5.31. The molecule has 1 saturated carbocycles. The van der Waals surface area contributed by atoms with E-state index in [1.54, 1.807) is 26.2 Å². The summed E-state index contributed by atoms with van der Waals surface area (Å²) in [5, 5.41) is 12.5. The van der Waals surface area contributed by atoms with Crippen molar-refractivity contribution in [1.82, 2.24) is 15.2 Å². The second-order valence-electron chi connectivity index (χ2n) is 17.9. The highest BCUT2D eigenvalue weighted by molar-refractivity contribution is 8.00. The second kappa shape index (κ2) is 20.1. The van der Waals surface area contributed by atoms with Crippen molar-refractivity contribution in [2.75, 3.05) is 16.9 Å². The summed E-state index contributed by atoms with van der Waals surface area (Å²) < 4.78 is 12.0. The van der Waals surface area contributed by atoms with Crippen LogP contribution in [0.3, 0.4) is 0 Å². The second-order valence-corrected chi connectivity index (χ2v) is 20.2. The number of halogens is 1. The number of benzene rings is 5. The molecule has 3 heterocycles. The number of hydrogen-bond acceptors (Lipinski definition) is 12. The number of β-lactam (4-membered cyclic amide) rings is 1. The SMILES string of the molecule is CC(C)(C)OC(=O)C1(O/N=C(\C(=O)NC2C(=O)N3C(C(=O)OC(c4ccccc4)c4ccccc4)=C(CCl)CS[C@@H]23)c2csc(NC(c3ccccc3)(c3ccccc3)c3ccccc3)n2)CCC1. The van der Waals surface area contributed by atoms with Crippen LogP contribution in [0.4, 0.5) is 5.13 Å². The van der Waals surface area contributed by atoms with E-state index in [4.69, 9.17) is 30.9 Å². The predicted octanol–water partition coefficient (Wildman–Crippen LogP) is 9.76. The molecule has 0 spiro atoms. The van der Waals surface area contributed by atoms with E-state index in [2.05, 4.69) is 15.8 Å². The smallest absolute Gasteiger partial charge is 0.356 e. The maximum Gasteiger partial charge on any atom is 0.356 e. The monoisotopic (exact) mass is 979 g/mol. The summed E-state index contributed by atoms with van der Waals surface area (Å²) in [5.74, 6) is -2.31. The van der Waals surface area contributed by atoms with Gasteiger partial charge in [0.15, 0.2) is 16.9 Å². The fourth-order valence-corrected chi connectivity index (χ4v) is 11.1. The van der Waals surface area contributed by atoms with E-state index >= 15 is 0 Å². The van der Waals surface area contributed by atoms with Crippen LogP contribution in [0.1, 0.15) is 79.6 Å². The van der Waals surface area contributed by atoms with Gasteiger partial charge in [-0.3, -0.25) is 14.5 Å². The number of anilines is 1. The number of esters is 2. The zero-order valence-corrected chi connectivity index (χ0v) is 40.6. The Balaban J connectivity index is 1.03. The molecule has 0 radical (unpaired) electrons. The number of thiazole rings is 1. The number of alkyl halides is 1.